The van der Waals surface area contributed by atoms with Gasteiger partial charge in [-0.25, -0.2) is 17.6 Å². The Morgan fingerprint density at radius 1 is 1.33 bits per heavy atom. The van der Waals surface area contributed by atoms with E-state index in [2.05, 4.69) is 15.5 Å². The summed E-state index contributed by atoms with van der Waals surface area (Å²) in [6.45, 7) is 8.88. The van der Waals surface area contributed by atoms with Crippen molar-refractivity contribution in [3.63, 3.8) is 0 Å². The van der Waals surface area contributed by atoms with Gasteiger partial charge in [-0.2, -0.15) is 0 Å². The molecule has 1 aromatic carbocycles. The fourth-order valence-corrected chi connectivity index (χ4v) is 3.99. The number of hydrogen-bond donors (Lipinski definition) is 1. The summed E-state index contributed by atoms with van der Waals surface area (Å²) in [7, 11) is -4.17. The second-order valence-corrected chi connectivity index (χ2v) is 10.1. The summed E-state index contributed by atoms with van der Waals surface area (Å²) in [5.74, 6) is -1.74. The Kier molecular flexibility index (Phi) is 7.46. The third kappa shape index (κ3) is 6.15. The zero-order valence-corrected chi connectivity index (χ0v) is 19.0. The number of nitrogens with zero attached hydrogens (tertiary/aromatic N) is 2. The minimum Gasteiger partial charge on any atom is -0.444 e. The number of hydrogen-bond acceptors (Lipinski definition) is 7. The molecule has 1 aromatic heterocycles. The number of alkyl carbamates (subject to hydrolysis) is 1. The lowest BCUT2D eigenvalue weighted by Gasteiger charge is -2.24. The lowest BCUT2D eigenvalue weighted by atomic mass is 9.99. The highest BCUT2D eigenvalue weighted by atomic mass is 35.5. The van der Waals surface area contributed by atoms with Crippen LogP contribution in [0.1, 0.15) is 58.5 Å². The summed E-state index contributed by atoms with van der Waals surface area (Å²) >= 11 is 5.92. The molecule has 0 radical (unpaired) electrons. The van der Waals surface area contributed by atoms with E-state index in [1.165, 1.54) is 12.1 Å². The summed E-state index contributed by atoms with van der Waals surface area (Å²) in [4.78, 5) is 12.2. The molecule has 11 heteroatoms. The van der Waals surface area contributed by atoms with Crippen molar-refractivity contribution in [1.29, 1.82) is 0 Å². The van der Waals surface area contributed by atoms with Gasteiger partial charge in [0.25, 0.3) is 0 Å². The first-order valence-electron chi connectivity index (χ1n) is 9.32. The van der Waals surface area contributed by atoms with E-state index in [1.807, 2.05) is 13.8 Å². The van der Waals surface area contributed by atoms with Crippen molar-refractivity contribution in [2.75, 3.05) is 0 Å². The molecule has 8 nitrogen and oxygen atoms in total. The van der Waals surface area contributed by atoms with Crippen LogP contribution in [0.2, 0.25) is 5.02 Å². The van der Waals surface area contributed by atoms with Crippen molar-refractivity contribution in [2.45, 2.75) is 63.7 Å². The molecule has 0 fully saturated rings. The van der Waals surface area contributed by atoms with Gasteiger partial charge in [0.05, 0.1) is 5.75 Å². The fourth-order valence-electron chi connectivity index (χ4n) is 2.51. The Balaban J connectivity index is 2.29. The highest BCUT2D eigenvalue weighted by Crippen LogP contribution is 2.28. The normalized spacial score (nSPS) is 14.2. The quantitative estimate of drug-likeness (QED) is 0.648. The molecule has 1 amide bonds. The molecule has 0 aliphatic rings. The molecule has 0 spiro atoms. The van der Waals surface area contributed by atoms with Crippen LogP contribution >= 0.6 is 11.6 Å². The van der Waals surface area contributed by atoms with Crippen molar-refractivity contribution in [3.05, 3.63) is 40.5 Å². The number of ether oxygens (including phenoxy) is 1. The Morgan fingerprint density at radius 2 is 2.00 bits per heavy atom. The highest BCUT2D eigenvalue weighted by Gasteiger charge is 2.31. The van der Waals surface area contributed by atoms with Crippen LogP contribution in [0.5, 0.6) is 0 Å². The van der Waals surface area contributed by atoms with Gasteiger partial charge in [0.1, 0.15) is 17.5 Å². The van der Waals surface area contributed by atoms with Gasteiger partial charge in [-0.3, -0.25) is 0 Å². The molecule has 2 atom stereocenters. The van der Waals surface area contributed by atoms with Crippen LogP contribution in [0.4, 0.5) is 9.18 Å². The zero-order chi connectivity index (χ0) is 22.7. The van der Waals surface area contributed by atoms with Crippen LogP contribution in [0.3, 0.4) is 0 Å². The monoisotopic (exact) mass is 461 g/mol. The maximum atomic E-state index is 14.0. The number of amides is 1. The minimum atomic E-state index is -4.17. The summed E-state index contributed by atoms with van der Waals surface area (Å²) in [6.07, 6.45) is -0.0657. The van der Waals surface area contributed by atoms with Crippen molar-refractivity contribution in [1.82, 2.24) is 15.5 Å². The van der Waals surface area contributed by atoms with Crippen LogP contribution in [0.25, 0.3) is 0 Å². The van der Waals surface area contributed by atoms with Crippen molar-refractivity contribution < 1.29 is 26.8 Å². The second kappa shape index (κ2) is 9.30. The number of benzene rings is 1. The molecule has 0 saturated heterocycles. The lowest BCUT2D eigenvalue weighted by Crippen LogP contribution is -2.37. The van der Waals surface area contributed by atoms with E-state index in [0.717, 1.165) is 6.07 Å². The summed E-state index contributed by atoms with van der Waals surface area (Å²) in [5.41, 5.74) is -0.906. The first-order valence-corrected chi connectivity index (χ1v) is 11.4. The number of halogens is 2. The predicted molar refractivity (Wildman–Crippen MR) is 108 cm³/mol. The van der Waals surface area contributed by atoms with Gasteiger partial charge in [-0.05, 0) is 38.8 Å². The molecule has 30 heavy (non-hydrogen) atoms. The summed E-state index contributed by atoms with van der Waals surface area (Å²) in [5, 5.41) is 9.33. The van der Waals surface area contributed by atoms with Crippen LogP contribution in [0, 0.1) is 11.7 Å². The molecule has 2 aromatic rings. The largest absolute Gasteiger partial charge is 0.444 e. The van der Waals surface area contributed by atoms with Crippen LogP contribution in [-0.2, 0) is 20.3 Å². The topological polar surface area (TPSA) is 111 Å². The summed E-state index contributed by atoms with van der Waals surface area (Å²) < 4.78 is 49.9. The van der Waals surface area contributed by atoms with E-state index in [4.69, 9.17) is 20.8 Å². The van der Waals surface area contributed by atoms with Gasteiger partial charge >= 0.3 is 11.3 Å². The number of rotatable bonds is 7. The van der Waals surface area contributed by atoms with Gasteiger partial charge < -0.3 is 14.5 Å². The van der Waals surface area contributed by atoms with Crippen molar-refractivity contribution >= 4 is 27.5 Å². The average Bonchev–Trinajstić information content (AvgIpc) is 3.11. The average molecular weight is 462 g/mol. The molecule has 1 heterocycles. The smallest absolute Gasteiger partial charge is 0.408 e. The molecular formula is C19H25ClFN3O5S. The van der Waals surface area contributed by atoms with Crippen LogP contribution < -0.4 is 5.32 Å². The molecule has 0 aliphatic carbocycles. The predicted octanol–water partition coefficient (Wildman–Crippen LogP) is 4.45. The molecule has 0 unspecified atom stereocenters. The number of carbonyl (C=O) groups is 1. The third-order valence-electron chi connectivity index (χ3n) is 4.24. The van der Waals surface area contributed by atoms with Gasteiger partial charge in [-0.15, -0.1) is 5.10 Å². The van der Waals surface area contributed by atoms with E-state index in [0.29, 0.717) is 6.42 Å². The number of carbonyl (C=O) groups excluding carboxylic acids is 1. The van der Waals surface area contributed by atoms with Gasteiger partial charge in [-0.1, -0.05) is 43.0 Å². The standard InChI is InChI=1S/C19H25ClFN3O5S/c1-6-11(2)15(22-17(25)29-19(3,4)5)16-23-24-18(28-16)30(26,27)10-12-13(20)8-7-9-14(12)21/h7-9,11,15H,6,10H2,1-5H3,(H,22,25)/t11-,15+/m0/s1. The minimum absolute atomic E-state index is 0.0256. The van der Waals surface area contributed by atoms with E-state index in [1.54, 1.807) is 20.8 Å². The Hall–Kier alpha value is -2.20. The van der Waals surface area contributed by atoms with E-state index < -0.39 is 44.4 Å². The second-order valence-electron chi connectivity index (χ2n) is 7.87. The van der Waals surface area contributed by atoms with Crippen molar-refractivity contribution in [3.8, 4) is 0 Å². The molecule has 0 aliphatic heterocycles. The van der Waals surface area contributed by atoms with Crippen LogP contribution in [-0.4, -0.2) is 30.3 Å². The summed E-state index contributed by atoms with van der Waals surface area (Å²) in [6, 6.07) is 3.11. The molecular weight excluding hydrogens is 437 g/mol. The first kappa shape index (κ1) is 24.1. The van der Waals surface area contributed by atoms with Crippen molar-refractivity contribution in [2.24, 2.45) is 5.92 Å². The van der Waals surface area contributed by atoms with Gasteiger partial charge in [0, 0.05) is 10.6 Å². The number of aromatic nitrogens is 2. The molecule has 1 N–H and O–H groups in total. The van der Waals surface area contributed by atoms with Gasteiger partial charge in [0.15, 0.2) is 0 Å². The zero-order valence-electron chi connectivity index (χ0n) is 17.4. The molecule has 166 valence electrons. The van der Waals surface area contributed by atoms with Crippen LogP contribution in [0.15, 0.2) is 27.8 Å². The van der Waals surface area contributed by atoms with E-state index in [9.17, 15) is 17.6 Å². The molecule has 0 bridgehead atoms. The molecule has 0 saturated carbocycles. The highest BCUT2D eigenvalue weighted by molar-refractivity contribution is 7.90. The first-order chi connectivity index (χ1) is 13.8. The van der Waals surface area contributed by atoms with E-state index >= 15 is 0 Å². The number of sulfone groups is 1. The Bertz CT molecular complexity index is 984. The molecule has 2 rings (SSSR count). The Morgan fingerprint density at radius 3 is 2.57 bits per heavy atom. The SMILES string of the molecule is CC[C@H](C)[C@@H](NC(=O)OC(C)(C)C)c1nnc(S(=O)(=O)Cc2c(F)cccc2Cl)o1. The lowest BCUT2D eigenvalue weighted by molar-refractivity contribution is 0.0473. The fraction of sp³-hybridized carbons (Fsp3) is 0.526. The van der Waals surface area contributed by atoms with Gasteiger partial charge in [0.2, 0.25) is 15.7 Å². The maximum absolute atomic E-state index is 14.0. The third-order valence-corrected chi connectivity index (χ3v) is 5.96. The maximum Gasteiger partial charge on any atom is 0.408 e. The Labute approximate surface area is 180 Å². The number of nitrogens with one attached hydrogen (secondary N) is 1. The van der Waals surface area contributed by atoms with E-state index in [-0.39, 0.29) is 22.4 Å².